The van der Waals surface area contributed by atoms with Crippen molar-refractivity contribution in [2.24, 2.45) is 0 Å². The smallest absolute Gasteiger partial charge is 0.268 e. The van der Waals surface area contributed by atoms with Crippen LogP contribution in [0.15, 0.2) is 24.3 Å². The van der Waals surface area contributed by atoms with Gasteiger partial charge in [0, 0.05) is 6.42 Å². The molecule has 0 saturated carbocycles. The molecule has 1 amide bonds. The van der Waals surface area contributed by atoms with Gasteiger partial charge >= 0.3 is 0 Å². The lowest BCUT2D eigenvalue weighted by atomic mass is 10.0. The normalized spacial score (nSPS) is 14.0. The van der Waals surface area contributed by atoms with E-state index in [0.717, 1.165) is 38.5 Å². The predicted molar refractivity (Wildman–Crippen MR) is 298 cm³/mol. The number of phosphoric acid groups is 1. The molecule has 8 nitrogen and oxygen atoms in total. The highest BCUT2D eigenvalue weighted by Gasteiger charge is 2.23. The summed E-state index contributed by atoms with van der Waals surface area (Å²) in [5.74, 6) is -0.201. The summed E-state index contributed by atoms with van der Waals surface area (Å²) in [6.07, 6.45) is 65.7. The number of aliphatic hydroxyl groups excluding tert-OH is 1. The molecule has 2 N–H and O–H groups in total. The molecule has 410 valence electrons. The second-order valence-corrected chi connectivity index (χ2v) is 23.5. The van der Waals surface area contributed by atoms with Crippen LogP contribution in [0.5, 0.6) is 0 Å². The Morgan fingerprint density at radius 2 is 0.812 bits per heavy atom. The first-order valence-electron chi connectivity index (χ1n) is 30.2. The van der Waals surface area contributed by atoms with Crippen LogP contribution in [0.1, 0.15) is 303 Å². The van der Waals surface area contributed by atoms with Gasteiger partial charge in [0.25, 0.3) is 7.82 Å². The van der Waals surface area contributed by atoms with Gasteiger partial charge in [-0.2, -0.15) is 0 Å². The van der Waals surface area contributed by atoms with Gasteiger partial charge in [-0.3, -0.25) is 9.36 Å². The van der Waals surface area contributed by atoms with Crippen molar-refractivity contribution in [2.45, 2.75) is 315 Å². The molecule has 0 radical (unpaired) electrons. The van der Waals surface area contributed by atoms with Crippen LogP contribution in [-0.4, -0.2) is 68.5 Å². The molecule has 9 heteroatoms. The topological polar surface area (TPSA) is 108 Å². The van der Waals surface area contributed by atoms with E-state index < -0.39 is 20.0 Å². The maximum absolute atomic E-state index is 13.0. The van der Waals surface area contributed by atoms with E-state index in [1.165, 1.54) is 244 Å². The molecule has 3 atom stereocenters. The molecule has 3 unspecified atom stereocenters. The summed E-state index contributed by atoms with van der Waals surface area (Å²) >= 11 is 0. The molecule has 0 aliphatic heterocycles. The molecule has 0 aromatic heterocycles. The van der Waals surface area contributed by atoms with Crippen molar-refractivity contribution < 1.29 is 32.9 Å². The average Bonchev–Trinajstić information content (AvgIpc) is 3.31. The molecule has 0 aliphatic carbocycles. The minimum absolute atomic E-state index is 0.00385. The number of hydrogen-bond donors (Lipinski definition) is 2. The molecule has 0 saturated heterocycles. The fourth-order valence-corrected chi connectivity index (χ4v) is 9.90. The number of hydrogen-bond acceptors (Lipinski definition) is 6. The first-order valence-corrected chi connectivity index (χ1v) is 31.7. The highest BCUT2D eigenvalue weighted by Crippen LogP contribution is 2.38. The number of amides is 1. The molecule has 69 heavy (non-hydrogen) atoms. The van der Waals surface area contributed by atoms with Crippen molar-refractivity contribution in [3.05, 3.63) is 24.3 Å². The van der Waals surface area contributed by atoms with E-state index in [2.05, 4.69) is 31.3 Å². The molecule has 0 rings (SSSR count). The number of quaternary nitrogens is 1. The van der Waals surface area contributed by atoms with Crippen molar-refractivity contribution in [1.82, 2.24) is 5.32 Å². The van der Waals surface area contributed by atoms with Gasteiger partial charge in [0.05, 0.1) is 39.9 Å². The summed E-state index contributed by atoms with van der Waals surface area (Å²) in [5.41, 5.74) is 0. The highest BCUT2D eigenvalue weighted by atomic mass is 31.2. The highest BCUT2D eigenvalue weighted by molar-refractivity contribution is 7.45. The molecular weight excluding hydrogens is 876 g/mol. The number of nitrogens with one attached hydrogen (secondary N) is 1. The summed E-state index contributed by atoms with van der Waals surface area (Å²) in [5, 5.41) is 13.8. The molecule has 0 aromatic carbocycles. The molecule has 0 aliphatic rings. The summed E-state index contributed by atoms with van der Waals surface area (Å²) in [6.45, 7) is 4.66. The van der Waals surface area contributed by atoms with Crippen LogP contribution < -0.4 is 10.2 Å². The third-order valence-electron chi connectivity index (χ3n) is 13.9. The second-order valence-electron chi connectivity index (χ2n) is 22.1. The van der Waals surface area contributed by atoms with Crippen molar-refractivity contribution >= 4 is 13.7 Å². The molecule has 0 bridgehead atoms. The van der Waals surface area contributed by atoms with Crippen molar-refractivity contribution in [2.75, 3.05) is 40.9 Å². The zero-order valence-corrected chi connectivity index (χ0v) is 47.7. The SMILES string of the molecule is CCCCCCCCCCC/C=C/CC/C=C/C(O)C(COP(=O)([O-])OCC[N+](C)(C)C)NC(=O)CCCCCCCCCCCCCCCCCCCCCCCCCCCCCCCCCC. The Balaban J connectivity index is 4.02. The van der Waals surface area contributed by atoms with Gasteiger partial charge in [-0.05, 0) is 32.1 Å². The number of unbranched alkanes of at least 4 members (excludes halogenated alkanes) is 41. The Morgan fingerprint density at radius 3 is 1.17 bits per heavy atom. The van der Waals surface area contributed by atoms with Crippen LogP contribution >= 0.6 is 7.82 Å². The van der Waals surface area contributed by atoms with Gasteiger partial charge < -0.3 is 28.8 Å². The molecule has 0 spiro atoms. The predicted octanol–water partition coefficient (Wildman–Crippen LogP) is 17.7. The molecular formula is C60H119N2O6P. The lowest BCUT2D eigenvalue weighted by molar-refractivity contribution is -0.870. The van der Waals surface area contributed by atoms with Crippen molar-refractivity contribution in [3.8, 4) is 0 Å². The zero-order chi connectivity index (χ0) is 50.6. The number of aliphatic hydroxyl groups is 1. The summed E-state index contributed by atoms with van der Waals surface area (Å²) < 4.78 is 23.3. The van der Waals surface area contributed by atoms with E-state index in [9.17, 15) is 19.4 Å². The van der Waals surface area contributed by atoms with E-state index in [4.69, 9.17) is 9.05 Å². The van der Waals surface area contributed by atoms with E-state index in [1.54, 1.807) is 6.08 Å². The quantitative estimate of drug-likeness (QED) is 0.0272. The minimum atomic E-state index is -4.60. The average molecular weight is 996 g/mol. The fourth-order valence-electron chi connectivity index (χ4n) is 9.17. The number of phosphoric ester groups is 1. The Kier molecular flexibility index (Phi) is 51.1. The van der Waals surface area contributed by atoms with E-state index in [-0.39, 0.29) is 19.1 Å². The number of likely N-dealkylation sites (N-methyl/N-ethyl adjacent to an activating group) is 1. The third kappa shape index (κ3) is 54.6. The first-order chi connectivity index (χ1) is 33.5. The Labute approximate surface area is 430 Å². The first kappa shape index (κ1) is 68.0. The summed E-state index contributed by atoms with van der Waals surface area (Å²) in [7, 11) is 1.26. The van der Waals surface area contributed by atoms with Gasteiger partial charge in [0.15, 0.2) is 0 Å². The van der Waals surface area contributed by atoms with Gasteiger partial charge in [-0.1, -0.05) is 289 Å². The number of carbonyl (C=O) groups excluding carboxylic acids is 1. The molecule has 0 aromatic rings. The van der Waals surface area contributed by atoms with Gasteiger partial charge in [-0.25, -0.2) is 0 Å². The lowest BCUT2D eigenvalue weighted by Gasteiger charge is -2.29. The third-order valence-corrected chi connectivity index (χ3v) is 14.9. The molecule has 0 fully saturated rings. The van der Waals surface area contributed by atoms with Crippen LogP contribution in [0.3, 0.4) is 0 Å². The van der Waals surface area contributed by atoms with Crippen LogP contribution in [0.2, 0.25) is 0 Å². The summed E-state index contributed by atoms with van der Waals surface area (Å²) in [6, 6.07) is -0.900. The second kappa shape index (κ2) is 51.9. The maximum atomic E-state index is 13.0. The Bertz CT molecular complexity index is 1170. The lowest BCUT2D eigenvalue weighted by Crippen LogP contribution is -2.45. The van der Waals surface area contributed by atoms with Gasteiger partial charge in [0.1, 0.15) is 13.2 Å². The maximum Gasteiger partial charge on any atom is 0.268 e. The zero-order valence-electron chi connectivity index (χ0n) is 46.8. The van der Waals surface area contributed by atoms with Crippen molar-refractivity contribution in [1.29, 1.82) is 0 Å². The van der Waals surface area contributed by atoms with E-state index in [1.807, 2.05) is 27.2 Å². The fraction of sp³-hybridized carbons (Fsp3) is 0.917. The van der Waals surface area contributed by atoms with E-state index >= 15 is 0 Å². The number of rotatable bonds is 56. The number of nitrogens with zero attached hydrogens (tertiary/aromatic N) is 1. The molecule has 0 heterocycles. The van der Waals surface area contributed by atoms with Crippen LogP contribution in [0.4, 0.5) is 0 Å². The van der Waals surface area contributed by atoms with E-state index in [0.29, 0.717) is 17.4 Å². The van der Waals surface area contributed by atoms with Gasteiger partial charge in [-0.15, -0.1) is 0 Å². The minimum Gasteiger partial charge on any atom is -0.756 e. The number of carbonyl (C=O) groups is 1. The summed E-state index contributed by atoms with van der Waals surface area (Å²) in [4.78, 5) is 25.5. The Hall–Kier alpha value is -1.02. The van der Waals surface area contributed by atoms with Crippen LogP contribution in [-0.2, 0) is 18.4 Å². The van der Waals surface area contributed by atoms with Gasteiger partial charge in [0.2, 0.25) is 5.91 Å². The monoisotopic (exact) mass is 995 g/mol. The van der Waals surface area contributed by atoms with Crippen LogP contribution in [0, 0.1) is 0 Å². The largest absolute Gasteiger partial charge is 0.756 e. The number of allylic oxidation sites excluding steroid dienone is 3. The Morgan fingerprint density at radius 1 is 0.493 bits per heavy atom. The standard InChI is InChI=1S/C60H119N2O6P/c1-6-8-10-12-14-16-18-20-22-23-24-25-26-27-28-29-30-31-32-33-34-35-36-37-38-40-42-44-46-48-50-52-54-60(64)61-58(57-68-69(65,66)67-56-55-62(3,4)5)59(63)53-51-49-47-45-43-41-39-21-19-17-15-13-11-9-7-2/h43,45,51,53,58-59,63H,6-42,44,46-50,52,54-57H2,1-5H3,(H-,61,64,65,66)/b45-43+,53-51+. The van der Waals surface area contributed by atoms with Crippen molar-refractivity contribution in [3.63, 3.8) is 0 Å². The van der Waals surface area contributed by atoms with Crippen LogP contribution in [0.25, 0.3) is 0 Å².